The fourth-order valence-corrected chi connectivity index (χ4v) is 2.07. The smallest absolute Gasteiger partial charge is 0.129 e. The van der Waals surface area contributed by atoms with Gasteiger partial charge in [-0.3, -0.25) is 0 Å². The highest BCUT2D eigenvalue weighted by Gasteiger charge is 2.13. The van der Waals surface area contributed by atoms with Gasteiger partial charge in [0.2, 0.25) is 0 Å². The van der Waals surface area contributed by atoms with E-state index in [4.69, 9.17) is 0 Å². The van der Waals surface area contributed by atoms with Crippen LogP contribution in [-0.4, -0.2) is 5.11 Å². The van der Waals surface area contributed by atoms with Gasteiger partial charge in [0.25, 0.3) is 0 Å². The average Bonchev–Trinajstić information content (AvgIpc) is 2.28. The Kier molecular flexibility index (Phi) is 3.78. The molecule has 0 amide bonds. The summed E-state index contributed by atoms with van der Waals surface area (Å²) in [6, 6.07) is 12.8. The van der Waals surface area contributed by atoms with Crippen molar-refractivity contribution in [3.63, 3.8) is 0 Å². The van der Waals surface area contributed by atoms with Gasteiger partial charge in [0.05, 0.1) is 6.10 Å². The van der Waals surface area contributed by atoms with E-state index < -0.39 is 6.10 Å². The third-order valence-electron chi connectivity index (χ3n) is 3.03. The highest BCUT2D eigenvalue weighted by molar-refractivity contribution is 5.28. The minimum Gasteiger partial charge on any atom is -0.388 e. The molecule has 0 heterocycles. The number of aliphatic hydroxyl groups is 1. The molecule has 0 spiro atoms. The molecule has 0 aliphatic heterocycles. The van der Waals surface area contributed by atoms with Crippen molar-refractivity contribution in [3.05, 3.63) is 70.5 Å². The first-order chi connectivity index (χ1) is 8.56. The summed E-state index contributed by atoms with van der Waals surface area (Å²) in [4.78, 5) is 0. The molecule has 2 heteroatoms. The van der Waals surface area contributed by atoms with Crippen molar-refractivity contribution < 1.29 is 9.50 Å². The van der Waals surface area contributed by atoms with Gasteiger partial charge < -0.3 is 5.11 Å². The van der Waals surface area contributed by atoms with E-state index in [-0.39, 0.29) is 5.82 Å². The van der Waals surface area contributed by atoms with Gasteiger partial charge in [-0.05, 0) is 31.0 Å². The molecule has 1 nitrogen and oxygen atoms in total. The van der Waals surface area contributed by atoms with Crippen LogP contribution in [0.3, 0.4) is 0 Å². The Hall–Kier alpha value is -1.67. The zero-order valence-corrected chi connectivity index (χ0v) is 10.7. The first kappa shape index (κ1) is 12.8. The van der Waals surface area contributed by atoms with Crippen molar-refractivity contribution in [2.24, 2.45) is 0 Å². The lowest BCUT2D eigenvalue weighted by atomic mass is 9.99. The molecule has 0 aromatic heterocycles. The SMILES string of the molecule is Cc1cccc(CC(O)c2ccc(C)cc2F)c1. The van der Waals surface area contributed by atoms with E-state index in [1.54, 1.807) is 6.07 Å². The molecular formula is C16H17FO. The lowest BCUT2D eigenvalue weighted by Gasteiger charge is -2.13. The minimum absolute atomic E-state index is 0.338. The lowest BCUT2D eigenvalue weighted by molar-refractivity contribution is 0.173. The largest absolute Gasteiger partial charge is 0.388 e. The molecule has 0 saturated heterocycles. The standard InChI is InChI=1S/C16H17FO/c1-11-4-3-5-13(8-11)10-16(18)14-7-6-12(2)9-15(14)17/h3-9,16,18H,10H2,1-2H3. The maximum atomic E-state index is 13.7. The molecule has 0 radical (unpaired) electrons. The third-order valence-corrected chi connectivity index (χ3v) is 3.03. The zero-order chi connectivity index (χ0) is 13.1. The van der Waals surface area contributed by atoms with Gasteiger partial charge in [0.1, 0.15) is 5.82 Å². The molecule has 1 atom stereocenters. The first-order valence-electron chi connectivity index (χ1n) is 6.06. The van der Waals surface area contributed by atoms with Crippen LogP contribution in [0.1, 0.15) is 28.4 Å². The number of hydrogen-bond acceptors (Lipinski definition) is 1. The molecule has 2 aromatic carbocycles. The van der Waals surface area contributed by atoms with Gasteiger partial charge in [0, 0.05) is 12.0 Å². The number of aryl methyl sites for hydroxylation is 2. The monoisotopic (exact) mass is 244 g/mol. The van der Waals surface area contributed by atoms with E-state index in [9.17, 15) is 9.50 Å². The predicted octanol–water partition coefficient (Wildman–Crippen LogP) is 3.72. The molecule has 0 aliphatic rings. The highest BCUT2D eigenvalue weighted by Crippen LogP contribution is 2.22. The summed E-state index contributed by atoms with van der Waals surface area (Å²) in [5.41, 5.74) is 3.38. The summed E-state index contributed by atoms with van der Waals surface area (Å²) in [7, 11) is 0. The molecule has 94 valence electrons. The van der Waals surface area contributed by atoms with Crippen molar-refractivity contribution in [3.8, 4) is 0 Å². The van der Waals surface area contributed by atoms with E-state index in [2.05, 4.69) is 0 Å². The van der Waals surface area contributed by atoms with Crippen molar-refractivity contribution >= 4 is 0 Å². The number of aliphatic hydroxyl groups excluding tert-OH is 1. The molecule has 1 unspecified atom stereocenters. The summed E-state index contributed by atoms with van der Waals surface area (Å²) in [6.45, 7) is 3.84. The van der Waals surface area contributed by atoms with Crippen LogP contribution in [0.4, 0.5) is 4.39 Å². The molecule has 18 heavy (non-hydrogen) atoms. The summed E-state index contributed by atoms with van der Waals surface area (Å²) < 4.78 is 13.7. The van der Waals surface area contributed by atoms with Crippen LogP contribution in [0, 0.1) is 19.7 Å². The van der Waals surface area contributed by atoms with Crippen LogP contribution in [-0.2, 0) is 6.42 Å². The fraction of sp³-hybridized carbons (Fsp3) is 0.250. The Morgan fingerprint density at radius 2 is 1.78 bits per heavy atom. The molecule has 2 rings (SSSR count). The van der Waals surface area contributed by atoms with E-state index in [1.165, 1.54) is 6.07 Å². The number of rotatable bonds is 3. The minimum atomic E-state index is -0.799. The van der Waals surface area contributed by atoms with Gasteiger partial charge in [0.15, 0.2) is 0 Å². The topological polar surface area (TPSA) is 20.2 Å². The summed E-state index contributed by atoms with van der Waals surface area (Å²) in [5, 5.41) is 10.1. The van der Waals surface area contributed by atoms with Crippen LogP contribution in [0.25, 0.3) is 0 Å². The second-order valence-electron chi connectivity index (χ2n) is 4.73. The molecule has 2 aromatic rings. The van der Waals surface area contributed by atoms with Crippen LogP contribution in [0.5, 0.6) is 0 Å². The molecule has 1 N–H and O–H groups in total. The molecule has 0 saturated carbocycles. The van der Waals surface area contributed by atoms with Crippen molar-refractivity contribution in [1.29, 1.82) is 0 Å². The van der Waals surface area contributed by atoms with Crippen molar-refractivity contribution in [2.45, 2.75) is 26.4 Å². The maximum absolute atomic E-state index is 13.7. The maximum Gasteiger partial charge on any atom is 0.129 e. The Morgan fingerprint density at radius 3 is 2.44 bits per heavy atom. The summed E-state index contributed by atoms with van der Waals surface area (Å²) in [6.07, 6.45) is -0.367. The van der Waals surface area contributed by atoms with E-state index in [0.717, 1.165) is 16.7 Å². The predicted molar refractivity (Wildman–Crippen MR) is 71.0 cm³/mol. The Labute approximate surface area is 107 Å². The van der Waals surface area contributed by atoms with Gasteiger partial charge in [-0.2, -0.15) is 0 Å². The van der Waals surface area contributed by atoms with Gasteiger partial charge >= 0.3 is 0 Å². The summed E-state index contributed by atoms with van der Waals surface area (Å²) in [5.74, 6) is -0.338. The second-order valence-corrected chi connectivity index (χ2v) is 4.73. The van der Waals surface area contributed by atoms with Crippen LogP contribution >= 0.6 is 0 Å². The Bertz CT molecular complexity index is 549. The van der Waals surface area contributed by atoms with Crippen molar-refractivity contribution in [1.82, 2.24) is 0 Å². The van der Waals surface area contributed by atoms with Gasteiger partial charge in [-0.15, -0.1) is 0 Å². The molecule has 0 bridgehead atoms. The lowest BCUT2D eigenvalue weighted by Crippen LogP contribution is -2.04. The second kappa shape index (κ2) is 5.32. The Balaban J connectivity index is 2.19. The highest BCUT2D eigenvalue weighted by atomic mass is 19.1. The number of hydrogen-bond donors (Lipinski definition) is 1. The summed E-state index contributed by atoms with van der Waals surface area (Å²) >= 11 is 0. The normalized spacial score (nSPS) is 12.4. The molecule has 0 fully saturated rings. The van der Waals surface area contributed by atoms with Crippen LogP contribution in [0.15, 0.2) is 42.5 Å². The van der Waals surface area contributed by atoms with Gasteiger partial charge in [-0.1, -0.05) is 42.0 Å². The first-order valence-corrected chi connectivity index (χ1v) is 6.06. The van der Waals surface area contributed by atoms with E-state index in [0.29, 0.717) is 12.0 Å². The zero-order valence-electron chi connectivity index (χ0n) is 10.7. The van der Waals surface area contributed by atoms with Crippen LogP contribution in [0.2, 0.25) is 0 Å². The number of benzene rings is 2. The van der Waals surface area contributed by atoms with E-state index >= 15 is 0 Å². The third kappa shape index (κ3) is 2.96. The fourth-order valence-electron chi connectivity index (χ4n) is 2.07. The van der Waals surface area contributed by atoms with Crippen LogP contribution < -0.4 is 0 Å². The molecular weight excluding hydrogens is 227 g/mol. The molecule has 0 aliphatic carbocycles. The number of halogens is 1. The Morgan fingerprint density at radius 1 is 1.06 bits per heavy atom. The quantitative estimate of drug-likeness (QED) is 0.872. The van der Waals surface area contributed by atoms with Gasteiger partial charge in [-0.25, -0.2) is 4.39 Å². The average molecular weight is 244 g/mol. The van der Waals surface area contributed by atoms with Crippen molar-refractivity contribution in [2.75, 3.05) is 0 Å². The van der Waals surface area contributed by atoms with E-state index in [1.807, 2.05) is 44.2 Å².